The van der Waals surface area contributed by atoms with Gasteiger partial charge < -0.3 is 14.7 Å². The summed E-state index contributed by atoms with van der Waals surface area (Å²) in [5.41, 5.74) is 0.737. The summed E-state index contributed by atoms with van der Waals surface area (Å²) < 4.78 is 18.2. The van der Waals surface area contributed by atoms with Gasteiger partial charge in [-0.1, -0.05) is 6.07 Å². The van der Waals surface area contributed by atoms with Crippen LogP contribution in [0.25, 0.3) is 0 Å². The van der Waals surface area contributed by atoms with Crippen LogP contribution in [0.1, 0.15) is 5.56 Å². The van der Waals surface area contributed by atoms with Crippen LogP contribution < -0.4 is 4.74 Å². The summed E-state index contributed by atoms with van der Waals surface area (Å²) in [5, 5.41) is 8.45. The molecular formula is C12H14FNO3. The Morgan fingerprint density at radius 1 is 1.59 bits per heavy atom. The predicted octanol–water partition coefficient (Wildman–Crippen LogP) is 1.86. The number of hydrogen-bond donors (Lipinski definition) is 1. The minimum Gasteiger partial charge on any atom is -0.494 e. The standard InChI is InChI=1S/C12H14FNO3/c1-14(6-5-12(15)16)8-9-3-4-11(17-2)10(13)7-9/h3-7H,8H2,1-2H3,(H,15,16). The lowest BCUT2D eigenvalue weighted by atomic mass is 10.2. The highest BCUT2D eigenvalue weighted by molar-refractivity contribution is 5.79. The number of nitrogens with zero attached hydrogens (tertiary/aromatic N) is 1. The second-order valence-corrected chi connectivity index (χ2v) is 3.54. The van der Waals surface area contributed by atoms with Crippen molar-refractivity contribution in [1.82, 2.24) is 4.90 Å². The van der Waals surface area contributed by atoms with Gasteiger partial charge in [-0.05, 0) is 17.7 Å². The highest BCUT2D eigenvalue weighted by Gasteiger charge is 2.04. The molecule has 4 nitrogen and oxygen atoms in total. The van der Waals surface area contributed by atoms with Gasteiger partial charge in [0.15, 0.2) is 11.6 Å². The van der Waals surface area contributed by atoms with Gasteiger partial charge >= 0.3 is 5.97 Å². The molecule has 0 aliphatic heterocycles. The van der Waals surface area contributed by atoms with E-state index in [1.807, 2.05) is 0 Å². The Balaban J connectivity index is 2.69. The Hall–Kier alpha value is -2.04. The van der Waals surface area contributed by atoms with E-state index >= 15 is 0 Å². The average molecular weight is 239 g/mol. The first-order valence-corrected chi connectivity index (χ1v) is 4.96. The van der Waals surface area contributed by atoms with Crippen molar-refractivity contribution in [2.75, 3.05) is 14.2 Å². The molecule has 1 aromatic carbocycles. The summed E-state index contributed by atoms with van der Waals surface area (Å²) in [6, 6.07) is 4.64. The third kappa shape index (κ3) is 4.14. The molecule has 0 spiro atoms. The monoisotopic (exact) mass is 239 g/mol. The van der Waals surface area contributed by atoms with Crippen LogP contribution in [-0.4, -0.2) is 30.1 Å². The van der Waals surface area contributed by atoms with Gasteiger partial charge in [0.25, 0.3) is 0 Å². The lowest BCUT2D eigenvalue weighted by Gasteiger charge is -2.14. The third-order valence-corrected chi connectivity index (χ3v) is 2.12. The second kappa shape index (κ2) is 5.89. The normalized spacial score (nSPS) is 10.5. The number of rotatable bonds is 5. The molecule has 5 heteroatoms. The smallest absolute Gasteiger partial charge is 0.329 e. The number of carboxylic acid groups (broad SMARTS) is 1. The fourth-order valence-electron chi connectivity index (χ4n) is 1.34. The van der Waals surface area contributed by atoms with E-state index in [4.69, 9.17) is 9.84 Å². The van der Waals surface area contributed by atoms with Gasteiger partial charge in [0.05, 0.1) is 7.11 Å². The quantitative estimate of drug-likeness (QED) is 0.797. The fourth-order valence-corrected chi connectivity index (χ4v) is 1.34. The van der Waals surface area contributed by atoms with Gasteiger partial charge in [-0.25, -0.2) is 9.18 Å². The summed E-state index contributed by atoms with van der Waals surface area (Å²) >= 11 is 0. The van der Waals surface area contributed by atoms with E-state index in [0.29, 0.717) is 6.54 Å². The molecule has 0 aliphatic rings. The lowest BCUT2D eigenvalue weighted by Crippen LogP contribution is -2.11. The number of methoxy groups -OCH3 is 1. The molecule has 17 heavy (non-hydrogen) atoms. The SMILES string of the molecule is COc1ccc(CN(C)C=CC(=O)O)cc1F. The molecule has 0 fully saturated rings. The third-order valence-electron chi connectivity index (χ3n) is 2.12. The Morgan fingerprint density at radius 3 is 2.82 bits per heavy atom. The van der Waals surface area contributed by atoms with Crippen molar-refractivity contribution in [2.45, 2.75) is 6.54 Å². The van der Waals surface area contributed by atoms with Gasteiger partial charge in [0, 0.05) is 25.9 Å². The zero-order valence-electron chi connectivity index (χ0n) is 9.68. The van der Waals surface area contributed by atoms with Crippen molar-refractivity contribution in [3.8, 4) is 5.75 Å². The molecule has 0 saturated carbocycles. The maximum absolute atomic E-state index is 13.4. The van der Waals surface area contributed by atoms with Gasteiger partial charge in [-0.2, -0.15) is 0 Å². The Morgan fingerprint density at radius 2 is 2.29 bits per heavy atom. The number of ether oxygens (including phenoxy) is 1. The van der Waals surface area contributed by atoms with Gasteiger partial charge in [-0.15, -0.1) is 0 Å². The zero-order chi connectivity index (χ0) is 12.8. The van der Waals surface area contributed by atoms with E-state index in [-0.39, 0.29) is 5.75 Å². The van der Waals surface area contributed by atoms with Gasteiger partial charge in [0.2, 0.25) is 0 Å². The number of aliphatic carboxylic acids is 1. The highest BCUT2D eigenvalue weighted by atomic mass is 19.1. The first-order chi connectivity index (χ1) is 8.02. The van der Waals surface area contributed by atoms with Gasteiger partial charge in [-0.3, -0.25) is 0 Å². The topological polar surface area (TPSA) is 49.8 Å². The first-order valence-electron chi connectivity index (χ1n) is 4.96. The maximum atomic E-state index is 13.4. The molecule has 0 amide bonds. The highest BCUT2D eigenvalue weighted by Crippen LogP contribution is 2.18. The van der Waals surface area contributed by atoms with Crippen LogP contribution in [0.5, 0.6) is 5.75 Å². The van der Waals surface area contributed by atoms with Crippen molar-refractivity contribution >= 4 is 5.97 Å². The van der Waals surface area contributed by atoms with Crippen LogP contribution in [0.15, 0.2) is 30.5 Å². The second-order valence-electron chi connectivity index (χ2n) is 3.54. The number of halogens is 1. The summed E-state index contributed by atoms with van der Waals surface area (Å²) in [6.07, 6.45) is 2.45. The number of benzene rings is 1. The molecule has 0 bridgehead atoms. The zero-order valence-corrected chi connectivity index (χ0v) is 9.68. The number of hydrogen-bond acceptors (Lipinski definition) is 3. The van der Waals surface area contributed by atoms with E-state index in [2.05, 4.69) is 0 Å². The first kappa shape index (κ1) is 13.0. The van der Waals surface area contributed by atoms with Crippen LogP contribution in [0.4, 0.5) is 4.39 Å². The molecule has 0 atom stereocenters. The van der Waals surface area contributed by atoms with Crippen LogP contribution in [-0.2, 0) is 11.3 Å². The molecular weight excluding hydrogens is 225 g/mol. The van der Waals surface area contributed by atoms with Gasteiger partial charge in [0.1, 0.15) is 0 Å². The van der Waals surface area contributed by atoms with Crippen LogP contribution in [0.2, 0.25) is 0 Å². The molecule has 92 valence electrons. The lowest BCUT2D eigenvalue weighted by molar-refractivity contribution is -0.131. The van der Waals surface area contributed by atoms with E-state index < -0.39 is 11.8 Å². The van der Waals surface area contributed by atoms with E-state index in [1.54, 1.807) is 24.1 Å². The van der Waals surface area contributed by atoms with Crippen LogP contribution >= 0.6 is 0 Å². The predicted molar refractivity (Wildman–Crippen MR) is 61.2 cm³/mol. The Bertz CT molecular complexity index is 432. The molecule has 0 aromatic heterocycles. The molecule has 1 N–H and O–H groups in total. The molecule has 0 radical (unpaired) electrons. The van der Waals surface area contributed by atoms with Crippen molar-refractivity contribution in [3.63, 3.8) is 0 Å². The van der Waals surface area contributed by atoms with Crippen molar-refractivity contribution < 1.29 is 19.0 Å². The minimum atomic E-state index is -1.02. The van der Waals surface area contributed by atoms with Crippen LogP contribution in [0, 0.1) is 5.82 Å². The summed E-state index contributed by atoms with van der Waals surface area (Å²) in [6.45, 7) is 0.421. The molecule has 0 saturated heterocycles. The Labute approximate surface area is 98.9 Å². The minimum absolute atomic E-state index is 0.192. The summed E-state index contributed by atoms with van der Waals surface area (Å²) in [7, 11) is 3.11. The maximum Gasteiger partial charge on any atom is 0.329 e. The fraction of sp³-hybridized carbons (Fsp3) is 0.250. The molecule has 0 heterocycles. The molecule has 0 aliphatic carbocycles. The molecule has 1 aromatic rings. The summed E-state index contributed by atoms with van der Waals surface area (Å²) in [5.74, 6) is -1.25. The largest absolute Gasteiger partial charge is 0.494 e. The average Bonchev–Trinajstić information content (AvgIpc) is 2.26. The van der Waals surface area contributed by atoms with Crippen LogP contribution in [0.3, 0.4) is 0 Å². The number of carboxylic acids is 1. The van der Waals surface area contributed by atoms with Crippen molar-refractivity contribution in [2.24, 2.45) is 0 Å². The van der Waals surface area contributed by atoms with E-state index in [9.17, 15) is 9.18 Å². The Kier molecular flexibility index (Phi) is 4.51. The summed E-state index contributed by atoms with van der Waals surface area (Å²) in [4.78, 5) is 12.0. The number of carbonyl (C=O) groups is 1. The van der Waals surface area contributed by atoms with Crippen molar-refractivity contribution in [1.29, 1.82) is 0 Å². The molecule has 1 rings (SSSR count). The molecule has 0 unspecified atom stereocenters. The van der Waals surface area contributed by atoms with E-state index in [0.717, 1.165) is 11.6 Å². The van der Waals surface area contributed by atoms with E-state index in [1.165, 1.54) is 19.4 Å². The van der Waals surface area contributed by atoms with Crippen molar-refractivity contribution in [3.05, 3.63) is 41.9 Å².